The Balaban J connectivity index is 3.01. The van der Waals surface area contributed by atoms with Crippen LogP contribution in [0.15, 0.2) is 11.8 Å². The van der Waals surface area contributed by atoms with Crippen LogP contribution >= 0.6 is 0 Å². The number of carbonyl (C=O) groups is 4. The zero-order valence-electron chi connectivity index (χ0n) is 18.9. The van der Waals surface area contributed by atoms with Gasteiger partial charge < -0.3 is 25.2 Å². The smallest absolute Gasteiger partial charge is 0.419 e. The molecule has 174 valence electrons. The minimum Gasteiger partial charge on any atom is -0.480 e. The molecule has 1 fully saturated rings. The first-order valence-corrected chi connectivity index (χ1v) is 9.79. The molecule has 3 unspecified atom stereocenters. The van der Waals surface area contributed by atoms with Gasteiger partial charge in [-0.15, -0.1) is 0 Å². The van der Waals surface area contributed by atoms with Crippen LogP contribution in [0.1, 0.15) is 54.9 Å². The monoisotopic (exact) mass is 440 g/mol. The number of nitrogens with one attached hydrogen (secondary N) is 3. The molecule has 0 aromatic carbocycles. The second-order valence-electron chi connectivity index (χ2n) is 9.22. The summed E-state index contributed by atoms with van der Waals surface area (Å²) in [4.78, 5) is 49.0. The Bertz CT molecular complexity index is 764. The Morgan fingerprint density at radius 2 is 1.65 bits per heavy atom. The van der Waals surface area contributed by atoms with Gasteiger partial charge in [0.15, 0.2) is 0 Å². The highest BCUT2D eigenvalue weighted by molar-refractivity contribution is 5.90. The molecular formula is C20H32N4O7. The summed E-state index contributed by atoms with van der Waals surface area (Å²) in [5.74, 6) is -2.43. The third-order valence-electron chi connectivity index (χ3n) is 3.91. The Morgan fingerprint density at radius 1 is 1.10 bits per heavy atom. The van der Waals surface area contributed by atoms with Crippen molar-refractivity contribution in [1.29, 1.82) is 5.41 Å². The maximum atomic E-state index is 12.6. The van der Waals surface area contributed by atoms with Gasteiger partial charge in [-0.05, 0) is 60.5 Å². The van der Waals surface area contributed by atoms with Crippen LogP contribution in [0.25, 0.3) is 0 Å². The Labute approximate surface area is 181 Å². The molecular weight excluding hydrogens is 408 g/mol. The fraction of sp³-hybridized carbons (Fsp3) is 0.650. The summed E-state index contributed by atoms with van der Waals surface area (Å²) in [5.41, 5.74) is -0.948. The Kier molecular flexibility index (Phi) is 8.19. The topological polar surface area (TPSA) is 158 Å². The third kappa shape index (κ3) is 9.06. The number of carbonyl (C=O) groups excluding carboxylic acids is 3. The number of hydrogen-bond acceptors (Lipinski definition) is 7. The molecule has 0 heterocycles. The van der Waals surface area contributed by atoms with Crippen LogP contribution in [0, 0.1) is 11.3 Å². The fourth-order valence-corrected chi connectivity index (χ4v) is 2.46. The molecule has 4 N–H and O–H groups in total. The van der Waals surface area contributed by atoms with Crippen LogP contribution in [0.5, 0.6) is 0 Å². The van der Waals surface area contributed by atoms with E-state index >= 15 is 0 Å². The molecule has 0 aromatic heterocycles. The lowest BCUT2D eigenvalue weighted by Gasteiger charge is -2.24. The van der Waals surface area contributed by atoms with E-state index in [9.17, 15) is 19.2 Å². The van der Waals surface area contributed by atoms with E-state index in [-0.39, 0.29) is 0 Å². The van der Waals surface area contributed by atoms with E-state index < -0.39 is 53.3 Å². The summed E-state index contributed by atoms with van der Waals surface area (Å²) in [6.07, 6.45) is 0.893. The zero-order chi connectivity index (χ0) is 24.1. The molecule has 3 atom stereocenters. The Morgan fingerprint density at radius 3 is 2.10 bits per heavy atom. The molecule has 11 heteroatoms. The third-order valence-corrected chi connectivity index (χ3v) is 3.91. The second-order valence-corrected chi connectivity index (χ2v) is 9.22. The number of nitrogens with zero attached hydrogens (tertiary/aromatic N) is 1. The average Bonchev–Trinajstić information content (AvgIpc) is 3.32. The number of rotatable bonds is 7. The summed E-state index contributed by atoms with van der Waals surface area (Å²) in [6.45, 7) is 11.4. The molecule has 1 rings (SSSR count). The zero-order valence-corrected chi connectivity index (χ0v) is 18.9. The van der Waals surface area contributed by atoms with Gasteiger partial charge >= 0.3 is 18.2 Å². The van der Waals surface area contributed by atoms with Gasteiger partial charge in [0.1, 0.15) is 23.3 Å². The number of alkyl carbamates (subject to hydrolysis) is 1. The first kappa shape index (κ1) is 25.9. The van der Waals surface area contributed by atoms with E-state index in [1.807, 2.05) is 0 Å². The predicted molar refractivity (Wildman–Crippen MR) is 111 cm³/mol. The Hall–Kier alpha value is -3.11. The maximum Gasteiger partial charge on any atom is 0.419 e. The van der Waals surface area contributed by atoms with Crippen LogP contribution in [-0.2, 0) is 19.1 Å². The van der Waals surface area contributed by atoms with Gasteiger partial charge in [0, 0.05) is 12.1 Å². The highest BCUT2D eigenvalue weighted by Crippen LogP contribution is 2.41. The molecule has 0 saturated heterocycles. The minimum absolute atomic E-state index is 0.350. The molecule has 31 heavy (non-hydrogen) atoms. The predicted octanol–water partition coefficient (Wildman–Crippen LogP) is 2.22. The molecule has 11 nitrogen and oxygen atoms in total. The van der Waals surface area contributed by atoms with Crippen molar-refractivity contribution in [3.05, 3.63) is 11.8 Å². The van der Waals surface area contributed by atoms with Crippen LogP contribution < -0.4 is 10.6 Å². The summed E-state index contributed by atoms with van der Waals surface area (Å²) in [6, 6.07) is -2.28. The normalized spacial score (nSPS) is 18.9. The van der Waals surface area contributed by atoms with Crippen molar-refractivity contribution in [1.82, 2.24) is 15.5 Å². The molecule has 0 radical (unpaired) electrons. The van der Waals surface area contributed by atoms with E-state index in [0.29, 0.717) is 12.0 Å². The lowest BCUT2D eigenvalue weighted by Crippen LogP contribution is -2.52. The molecule has 1 saturated carbocycles. The van der Waals surface area contributed by atoms with Crippen LogP contribution in [-0.4, -0.2) is 63.7 Å². The SMILES string of the molecule is CC(NC(=O)C(NC(=O)OC(C)(C)C)C1C/C1=C\N(C=N)C(=O)OC(C)(C)C)C(=O)O. The number of aliphatic carboxylic acids is 1. The highest BCUT2D eigenvalue weighted by atomic mass is 16.6. The lowest BCUT2D eigenvalue weighted by molar-refractivity contribution is -0.141. The van der Waals surface area contributed by atoms with Crippen molar-refractivity contribution in [2.24, 2.45) is 5.92 Å². The van der Waals surface area contributed by atoms with E-state index in [2.05, 4.69) is 10.6 Å². The van der Waals surface area contributed by atoms with E-state index in [1.54, 1.807) is 41.5 Å². The molecule has 0 aliphatic heterocycles. The van der Waals surface area contributed by atoms with Gasteiger partial charge in [-0.3, -0.25) is 15.0 Å². The van der Waals surface area contributed by atoms with Crippen molar-refractivity contribution in [3.63, 3.8) is 0 Å². The van der Waals surface area contributed by atoms with Crippen molar-refractivity contribution >= 4 is 30.4 Å². The quantitative estimate of drug-likeness (QED) is 0.349. The molecule has 0 aromatic rings. The van der Waals surface area contributed by atoms with Gasteiger partial charge in [-0.1, -0.05) is 0 Å². The molecule has 3 amide bonds. The van der Waals surface area contributed by atoms with E-state index in [1.165, 1.54) is 13.1 Å². The van der Waals surface area contributed by atoms with Gasteiger partial charge in [-0.25, -0.2) is 14.5 Å². The van der Waals surface area contributed by atoms with Gasteiger partial charge in [0.25, 0.3) is 0 Å². The number of hydrogen-bond donors (Lipinski definition) is 4. The summed E-state index contributed by atoms with van der Waals surface area (Å²) >= 11 is 0. The number of carboxylic acid groups (broad SMARTS) is 1. The number of ether oxygens (including phenoxy) is 2. The molecule has 1 aliphatic carbocycles. The minimum atomic E-state index is -1.23. The summed E-state index contributed by atoms with van der Waals surface area (Å²) in [7, 11) is 0. The number of carboxylic acids is 1. The highest BCUT2D eigenvalue weighted by Gasteiger charge is 2.44. The summed E-state index contributed by atoms with van der Waals surface area (Å²) < 4.78 is 10.4. The van der Waals surface area contributed by atoms with Gasteiger partial charge in [-0.2, -0.15) is 0 Å². The first-order chi connectivity index (χ1) is 14.0. The first-order valence-electron chi connectivity index (χ1n) is 9.79. The van der Waals surface area contributed by atoms with Crippen LogP contribution in [0.2, 0.25) is 0 Å². The summed E-state index contributed by atoms with van der Waals surface area (Å²) in [5, 5.41) is 21.3. The van der Waals surface area contributed by atoms with Gasteiger partial charge in [0.2, 0.25) is 5.91 Å². The molecule has 0 bridgehead atoms. The lowest BCUT2D eigenvalue weighted by atomic mass is 10.1. The largest absolute Gasteiger partial charge is 0.480 e. The second kappa shape index (κ2) is 9.80. The number of amides is 3. The van der Waals surface area contributed by atoms with Crippen molar-refractivity contribution in [2.45, 2.75) is 78.2 Å². The van der Waals surface area contributed by atoms with Crippen molar-refractivity contribution in [2.75, 3.05) is 0 Å². The standard InChI is InChI=1S/C20H32N4O7/c1-11(16(26)27)22-15(25)14(23-17(28)30-19(2,3)4)13-8-12(13)9-24(10-21)18(29)31-20(5,6)7/h9-11,13-14,21H,8H2,1-7H3,(H,22,25)(H,23,28)(H,26,27)/b12-9+,21-10?. The van der Waals surface area contributed by atoms with Crippen molar-refractivity contribution < 1.29 is 33.8 Å². The van der Waals surface area contributed by atoms with E-state index in [0.717, 1.165) is 11.2 Å². The van der Waals surface area contributed by atoms with Crippen LogP contribution in [0.4, 0.5) is 9.59 Å². The van der Waals surface area contributed by atoms with Gasteiger partial charge in [0.05, 0.1) is 6.34 Å². The molecule has 0 spiro atoms. The molecule has 1 aliphatic rings. The maximum absolute atomic E-state index is 12.6. The van der Waals surface area contributed by atoms with E-state index in [4.69, 9.17) is 20.0 Å². The average molecular weight is 440 g/mol. The fourth-order valence-electron chi connectivity index (χ4n) is 2.46. The van der Waals surface area contributed by atoms with Crippen LogP contribution in [0.3, 0.4) is 0 Å². The van der Waals surface area contributed by atoms with Crippen molar-refractivity contribution in [3.8, 4) is 0 Å².